The lowest BCUT2D eigenvalue weighted by molar-refractivity contribution is 0.597. The van der Waals surface area contributed by atoms with Crippen molar-refractivity contribution >= 4 is 31.6 Å². The Morgan fingerprint density at radius 3 is 2.44 bits per heavy atom. The van der Waals surface area contributed by atoms with Gasteiger partial charge in [-0.1, -0.05) is 21.6 Å². The Labute approximate surface area is 103 Å². The van der Waals surface area contributed by atoms with Crippen LogP contribution in [-0.2, 0) is 10.0 Å². The number of nitriles is 1. The van der Waals surface area contributed by atoms with E-state index in [4.69, 9.17) is 10.4 Å². The van der Waals surface area contributed by atoms with Gasteiger partial charge in [0.15, 0.2) is 0 Å². The Bertz CT molecular complexity index is 476. The molecule has 0 saturated heterocycles. The second-order valence-corrected chi connectivity index (χ2v) is 6.88. The van der Waals surface area contributed by atoms with Gasteiger partial charge in [0.05, 0.1) is 11.0 Å². The molecule has 0 spiro atoms. The highest BCUT2D eigenvalue weighted by Gasteiger charge is 2.06. The average molecular weight is 274 g/mol. The van der Waals surface area contributed by atoms with Crippen molar-refractivity contribution in [2.45, 2.75) is 16.2 Å². The lowest BCUT2D eigenvalue weighted by Crippen LogP contribution is -2.11. The molecule has 0 bridgehead atoms. The van der Waals surface area contributed by atoms with Crippen LogP contribution in [0.2, 0.25) is 0 Å². The first-order valence-electron chi connectivity index (χ1n) is 4.33. The number of hydrogen-bond donors (Lipinski definition) is 1. The maximum Gasteiger partial charge on any atom is 0.238 e. The van der Waals surface area contributed by atoms with E-state index in [0.717, 1.165) is 10.6 Å². The molecule has 7 heteroatoms. The van der Waals surface area contributed by atoms with Crippen molar-refractivity contribution < 1.29 is 8.42 Å². The average Bonchev–Trinajstić information content (AvgIpc) is 2.24. The van der Waals surface area contributed by atoms with Crippen molar-refractivity contribution in [3.63, 3.8) is 0 Å². The molecule has 1 aromatic rings. The fourth-order valence-corrected chi connectivity index (χ4v) is 3.28. The van der Waals surface area contributed by atoms with Gasteiger partial charge in [0, 0.05) is 17.1 Å². The molecular weight excluding hydrogens is 264 g/mol. The standard InChI is InChI=1S/C9H10N2O2S3/c10-6-1-7-14-15-8-2-4-9(5-3-8)16(11,12)13/h2-5H,1,7H2,(H2,11,12,13). The van der Waals surface area contributed by atoms with Gasteiger partial charge in [-0.05, 0) is 24.3 Å². The molecule has 0 aliphatic rings. The summed E-state index contributed by atoms with van der Waals surface area (Å²) in [5.41, 5.74) is 0. The molecule has 1 rings (SSSR count). The van der Waals surface area contributed by atoms with Gasteiger partial charge in [-0.15, -0.1) is 0 Å². The zero-order chi connectivity index (χ0) is 12.0. The Balaban J connectivity index is 2.56. The minimum atomic E-state index is -3.61. The van der Waals surface area contributed by atoms with Crippen LogP contribution in [0.5, 0.6) is 0 Å². The third-order valence-corrected chi connectivity index (χ3v) is 4.92. The van der Waals surface area contributed by atoms with Crippen molar-refractivity contribution in [1.82, 2.24) is 0 Å². The molecule has 2 N–H and O–H groups in total. The van der Waals surface area contributed by atoms with E-state index in [-0.39, 0.29) is 4.90 Å². The molecule has 0 amide bonds. The van der Waals surface area contributed by atoms with Gasteiger partial charge in [0.25, 0.3) is 0 Å². The Morgan fingerprint density at radius 1 is 1.31 bits per heavy atom. The molecule has 0 aliphatic carbocycles. The van der Waals surface area contributed by atoms with Crippen LogP contribution in [0.4, 0.5) is 0 Å². The van der Waals surface area contributed by atoms with Crippen molar-refractivity contribution in [2.75, 3.05) is 5.75 Å². The number of primary sulfonamides is 1. The Hall–Kier alpha value is -0.680. The number of benzene rings is 1. The smallest absolute Gasteiger partial charge is 0.225 e. The van der Waals surface area contributed by atoms with E-state index in [0.29, 0.717) is 6.42 Å². The van der Waals surface area contributed by atoms with E-state index >= 15 is 0 Å². The molecule has 0 heterocycles. The van der Waals surface area contributed by atoms with Crippen LogP contribution in [0.1, 0.15) is 6.42 Å². The minimum absolute atomic E-state index is 0.110. The van der Waals surface area contributed by atoms with Gasteiger partial charge in [-0.3, -0.25) is 0 Å². The molecule has 0 aliphatic heterocycles. The third kappa shape index (κ3) is 4.45. The lowest BCUT2D eigenvalue weighted by Gasteiger charge is -2.01. The van der Waals surface area contributed by atoms with Crippen LogP contribution in [-0.4, -0.2) is 14.2 Å². The van der Waals surface area contributed by atoms with Gasteiger partial charge in [0.2, 0.25) is 10.0 Å². The van der Waals surface area contributed by atoms with Crippen molar-refractivity contribution in [1.29, 1.82) is 5.26 Å². The zero-order valence-electron chi connectivity index (χ0n) is 8.29. The first-order valence-corrected chi connectivity index (χ1v) is 8.20. The van der Waals surface area contributed by atoms with E-state index in [1.165, 1.54) is 22.9 Å². The normalized spacial score (nSPS) is 11.0. The summed E-state index contributed by atoms with van der Waals surface area (Å²) in [6.45, 7) is 0. The SMILES string of the molecule is N#CCCSSc1ccc(S(N)(=O)=O)cc1. The van der Waals surface area contributed by atoms with E-state index in [2.05, 4.69) is 6.07 Å². The molecule has 86 valence electrons. The number of nitrogens with zero attached hydrogens (tertiary/aromatic N) is 1. The van der Waals surface area contributed by atoms with Crippen LogP contribution >= 0.6 is 21.6 Å². The number of sulfonamides is 1. The fourth-order valence-electron chi connectivity index (χ4n) is 0.882. The fraction of sp³-hybridized carbons (Fsp3) is 0.222. The number of rotatable bonds is 5. The van der Waals surface area contributed by atoms with Crippen LogP contribution in [0.15, 0.2) is 34.1 Å². The first kappa shape index (κ1) is 13.4. The van der Waals surface area contributed by atoms with Crippen LogP contribution in [0.25, 0.3) is 0 Å². The van der Waals surface area contributed by atoms with Crippen LogP contribution in [0, 0.1) is 11.3 Å². The molecule has 0 fully saturated rings. The van der Waals surface area contributed by atoms with Gasteiger partial charge >= 0.3 is 0 Å². The second kappa shape index (κ2) is 6.15. The number of hydrogen-bond acceptors (Lipinski definition) is 5. The highest BCUT2D eigenvalue weighted by atomic mass is 33.1. The van der Waals surface area contributed by atoms with E-state index in [1.54, 1.807) is 22.9 Å². The summed E-state index contributed by atoms with van der Waals surface area (Å²) in [4.78, 5) is 1.05. The first-order chi connectivity index (χ1) is 7.54. The number of nitrogens with two attached hydrogens (primary N) is 1. The van der Waals surface area contributed by atoms with Crippen molar-refractivity contribution in [3.8, 4) is 6.07 Å². The molecule has 0 aromatic heterocycles. The van der Waals surface area contributed by atoms with Crippen molar-refractivity contribution in [3.05, 3.63) is 24.3 Å². The summed E-state index contributed by atoms with van der Waals surface area (Å²) in [7, 11) is -0.540. The third-order valence-electron chi connectivity index (χ3n) is 1.60. The predicted molar refractivity (Wildman–Crippen MR) is 66.4 cm³/mol. The highest BCUT2D eigenvalue weighted by Crippen LogP contribution is 2.31. The summed E-state index contributed by atoms with van der Waals surface area (Å²) < 4.78 is 21.9. The van der Waals surface area contributed by atoms with Crippen LogP contribution < -0.4 is 5.14 Å². The molecule has 16 heavy (non-hydrogen) atoms. The topological polar surface area (TPSA) is 83.9 Å². The molecular formula is C9H10N2O2S3. The zero-order valence-corrected chi connectivity index (χ0v) is 10.7. The summed E-state index contributed by atoms with van der Waals surface area (Å²) in [6.07, 6.45) is 0.507. The summed E-state index contributed by atoms with van der Waals surface area (Å²) in [5, 5.41) is 13.3. The second-order valence-electron chi connectivity index (χ2n) is 2.83. The summed E-state index contributed by atoms with van der Waals surface area (Å²) in [6, 6.07) is 8.40. The predicted octanol–water partition coefficient (Wildman–Crippen LogP) is 1.99. The van der Waals surface area contributed by atoms with Gasteiger partial charge in [-0.25, -0.2) is 13.6 Å². The monoisotopic (exact) mass is 274 g/mol. The van der Waals surface area contributed by atoms with Gasteiger partial charge in [0.1, 0.15) is 0 Å². The molecule has 4 nitrogen and oxygen atoms in total. The van der Waals surface area contributed by atoms with E-state index in [9.17, 15) is 8.42 Å². The lowest BCUT2D eigenvalue weighted by atomic mass is 10.4. The molecule has 1 aromatic carbocycles. The summed E-state index contributed by atoms with van der Waals surface area (Å²) in [5.74, 6) is 0.748. The van der Waals surface area contributed by atoms with Crippen molar-refractivity contribution in [2.24, 2.45) is 5.14 Å². The quantitative estimate of drug-likeness (QED) is 0.655. The highest BCUT2D eigenvalue weighted by molar-refractivity contribution is 8.76. The Morgan fingerprint density at radius 2 is 1.94 bits per heavy atom. The maximum atomic E-state index is 11.0. The summed E-state index contributed by atoms with van der Waals surface area (Å²) >= 11 is 0. The molecule has 0 radical (unpaired) electrons. The Kier molecular flexibility index (Phi) is 5.15. The largest absolute Gasteiger partial charge is 0.238 e. The van der Waals surface area contributed by atoms with Crippen LogP contribution in [0.3, 0.4) is 0 Å². The molecule has 0 unspecified atom stereocenters. The van der Waals surface area contributed by atoms with E-state index < -0.39 is 10.0 Å². The molecule has 0 atom stereocenters. The van der Waals surface area contributed by atoms with Gasteiger partial charge < -0.3 is 0 Å². The van der Waals surface area contributed by atoms with E-state index in [1.807, 2.05) is 0 Å². The minimum Gasteiger partial charge on any atom is -0.225 e. The maximum absolute atomic E-state index is 11.0. The molecule has 0 saturated carbocycles. The van der Waals surface area contributed by atoms with Gasteiger partial charge in [-0.2, -0.15) is 5.26 Å².